The summed E-state index contributed by atoms with van der Waals surface area (Å²) in [6, 6.07) is 4.54. The van der Waals surface area contributed by atoms with Crippen LogP contribution in [0.2, 0.25) is 0 Å². The number of hydrogen-bond donors (Lipinski definition) is 1. The normalized spacial score (nSPS) is 15.4. The van der Waals surface area contributed by atoms with Crippen molar-refractivity contribution in [1.29, 1.82) is 5.26 Å². The van der Waals surface area contributed by atoms with Crippen LogP contribution < -0.4 is 5.32 Å². The van der Waals surface area contributed by atoms with Crippen LogP contribution in [0.1, 0.15) is 24.0 Å². The molecule has 25 heavy (non-hydrogen) atoms. The summed E-state index contributed by atoms with van der Waals surface area (Å²) in [7, 11) is 0. The Labute approximate surface area is 142 Å². The Kier molecular flexibility index (Phi) is 5.47. The van der Waals surface area contributed by atoms with Gasteiger partial charge in [-0.1, -0.05) is 6.58 Å². The summed E-state index contributed by atoms with van der Waals surface area (Å²) in [5, 5.41) is 11.2. The first-order chi connectivity index (χ1) is 11.8. The maximum absolute atomic E-state index is 13.0. The maximum atomic E-state index is 13.0. The summed E-state index contributed by atoms with van der Waals surface area (Å²) in [5.41, 5.74) is -1.60. The van der Waals surface area contributed by atoms with Crippen molar-refractivity contribution in [2.24, 2.45) is 5.92 Å². The average molecular weight is 351 g/mol. The summed E-state index contributed by atoms with van der Waals surface area (Å²) in [5.74, 6) is -0.997. The number of alkyl halides is 3. The Balaban J connectivity index is 2.06. The molecular formula is C17H16F3N3O2. The molecule has 0 aromatic heterocycles. The molecular weight excluding hydrogens is 335 g/mol. The van der Waals surface area contributed by atoms with Gasteiger partial charge in [-0.05, 0) is 37.1 Å². The molecule has 5 nitrogen and oxygen atoms in total. The molecule has 2 amide bonds. The zero-order valence-corrected chi connectivity index (χ0v) is 13.3. The van der Waals surface area contributed by atoms with E-state index in [0.29, 0.717) is 25.9 Å². The third-order valence-corrected chi connectivity index (χ3v) is 4.06. The first kappa shape index (κ1) is 18.5. The molecule has 0 bridgehead atoms. The fraction of sp³-hybridized carbons (Fsp3) is 0.353. The zero-order valence-electron chi connectivity index (χ0n) is 13.3. The number of amides is 2. The minimum atomic E-state index is -4.68. The summed E-state index contributed by atoms with van der Waals surface area (Å²) in [6.45, 7) is 4.19. The lowest BCUT2D eigenvalue weighted by atomic mass is 9.95. The van der Waals surface area contributed by atoms with Gasteiger partial charge in [0.15, 0.2) is 0 Å². The number of anilines is 1. The van der Waals surface area contributed by atoms with Crippen LogP contribution in [-0.2, 0) is 15.8 Å². The number of carbonyl (C=O) groups excluding carboxylic acids is 2. The van der Waals surface area contributed by atoms with Crippen molar-refractivity contribution in [2.75, 3.05) is 18.4 Å². The number of likely N-dealkylation sites (tertiary alicyclic amines) is 1. The predicted molar refractivity (Wildman–Crippen MR) is 84.3 cm³/mol. The average Bonchev–Trinajstić information content (AvgIpc) is 2.60. The van der Waals surface area contributed by atoms with E-state index in [1.807, 2.05) is 0 Å². The summed E-state index contributed by atoms with van der Waals surface area (Å²) in [6.07, 6.45) is -2.63. The second-order valence-electron chi connectivity index (χ2n) is 5.66. The Hall–Kier alpha value is -2.82. The summed E-state index contributed by atoms with van der Waals surface area (Å²) in [4.78, 5) is 25.3. The molecule has 132 valence electrons. The fourth-order valence-electron chi connectivity index (χ4n) is 2.69. The third-order valence-electron chi connectivity index (χ3n) is 4.06. The van der Waals surface area contributed by atoms with Crippen LogP contribution >= 0.6 is 0 Å². The fourth-order valence-corrected chi connectivity index (χ4v) is 2.69. The van der Waals surface area contributed by atoms with E-state index in [1.165, 1.54) is 18.2 Å². The van der Waals surface area contributed by atoms with Crippen LogP contribution in [0.3, 0.4) is 0 Å². The van der Waals surface area contributed by atoms with Crippen LogP contribution in [0.5, 0.6) is 0 Å². The van der Waals surface area contributed by atoms with Gasteiger partial charge in [0, 0.05) is 24.7 Å². The largest absolute Gasteiger partial charge is 0.417 e. The highest BCUT2D eigenvalue weighted by Crippen LogP contribution is 2.33. The van der Waals surface area contributed by atoms with Crippen molar-refractivity contribution in [3.63, 3.8) is 0 Å². The number of hydrogen-bond acceptors (Lipinski definition) is 3. The van der Waals surface area contributed by atoms with Gasteiger partial charge in [-0.2, -0.15) is 18.4 Å². The molecule has 1 fully saturated rings. The van der Waals surface area contributed by atoms with Crippen molar-refractivity contribution in [3.05, 3.63) is 42.0 Å². The van der Waals surface area contributed by atoms with Gasteiger partial charge in [0.05, 0.1) is 17.2 Å². The zero-order chi connectivity index (χ0) is 18.6. The molecule has 0 spiro atoms. The van der Waals surface area contributed by atoms with Crippen molar-refractivity contribution in [1.82, 2.24) is 4.90 Å². The van der Waals surface area contributed by atoms with Gasteiger partial charge in [-0.15, -0.1) is 0 Å². The molecule has 1 saturated heterocycles. The minimum absolute atomic E-state index is 0.0130. The number of nitriles is 1. The molecule has 1 heterocycles. The molecule has 8 heteroatoms. The molecule has 2 rings (SSSR count). The molecule has 0 saturated carbocycles. The molecule has 0 unspecified atom stereocenters. The molecule has 0 radical (unpaired) electrons. The number of benzene rings is 1. The van der Waals surface area contributed by atoms with E-state index in [2.05, 4.69) is 11.9 Å². The van der Waals surface area contributed by atoms with Gasteiger partial charge in [-0.25, -0.2) is 0 Å². The Bertz CT molecular complexity index is 730. The number of nitrogens with one attached hydrogen (secondary N) is 1. The highest BCUT2D eigenvalue weighted by atomic mass is 19.4. The van der Waals surface area contributed by atoms with Gasteiger partial charge in [0.2, 0.25) is 11.8 Å². The minimum Gasteiger partial charge on any atom is -0.339 e. The Morgan fingerprint density at radius 3 is 2.48 bits per heavy atom. The van der Waals surface area contributed by atoms with E-state index in [9.17, 15) is 22.8 Å². The molecule has 1 aromatic rings. The summed E-state index contributed by atoms with van der Waals surface area (Å²) >= 11 is 0. The number of carbonyl (C=O) groups is 2. The van der Waals surface area contributed by atoms with E-state index >= 15 is 0 Å². The lowest BCUT2D eigenvalue weighted by Gasteiger charge is -2.30. The number of rotatable bonds is 3. The van der Waals surface area contributed by atoms with E-state index < -0.39 is 23.2 Å². The lowest BCUT2D eigenvalue weighted by molar-refractivity contribution is -0.137. The van der Waals surface area contributed by atoms with Gasteiger partial charge < -0.3 is 10.2 Å². The van der Waals surface area contributed by atoms with Gasteiger partial charge in [0.25, 0.3) is 0 Å². The summed E-state index contributed by atoms with van der Waals surface area (Å²) < 4.78 is 38.9. The van der Waals surface area contributed by atoms with Crippen molar-refractivity contribution in [2.45, 2.75) is 19.0 Å². The molecule has 1 aliphatic rings. The van der Waals surface area contributed by atoms with E-state index in [1.54, 1.807) is 4.90 Å². The van der Waals surface area contributed by atoms with Gasteiger partial charge >= 0.3 is 6.18 Å². The Morgan fingerprint density at radius 2 is 1.96 bits per heavy atom. The SMILES string of the molecule is C=CC(=O)N1CCC(C(=O)Nc2ccc(C#N)c(C(F)(F)F)c2)CC1. The highest BCUT2D eigenvalue weighted by molar-refractivity contribution is 5.93. The number of nitrogens with zero attached hydrogens (tertiary/aromatic N) is 2. The van der Waals surface area contributed by atoms with Gasteiger partial charge in [0.1, 0.15) is 0 Å². The second-order valence-corrected chi connectivity index (χ2v) is 5.66. The van der Waals surface area contributed by atoms with Crippen LogP contribution in [0.15, 0.2) is 30.9 Å². The molecule has 0 aliphatic carbocycles. The predicted octanol–water partition coefficient (Wildman–Crippen LogP) is 2.94. The number of halogens is 3. The first-order valence-electron chi connectivity index (χ1n) is 7.59. The topological polar surface area (TPSA) is 73.2 Å². The van der Waals surface area contributed by atoms with Crippen molar-refractivity contribution >= 4 is 17.5 Å². The molecule has 1 aromatic carbocycles. The quantitative estimate of drug-likeness (QED) is 0.851. The van der Waals surface area contributed by atoms with Crippen LogP contribution in [0.4, 0.5) is 18.9 Å². The van der Waals surface area contributed by atoms with Crippen LogP contribution in [0, 0.1) is 17.2 Å². The maximum Gasteiger partial charge on any atom is 0.417 e. The molecule has 1 aliphatic heterocycles. The highest BCUT2D eigenvalue weighted by Gasteiger charge is 2.34. The van der Waals surface area contributed by atoms with Crippen LogP contribution in [-0.4, -0.2) is 29.8 Å². The second kappa shape index (κ2) is 7.38. The standard InChI is InChI=1S/C17H16F3N3O2/c1-2-15(24)23-7-5-11(6-8-23)16(25)22-13-4-3-12(10-21)14(9-13)17(18,19)20/h2-4,9,11H,1,5-8H2,(H,22,25). The van der Waals surface area contributed by atoms with Crippen LogP contribution in [0.25, 0.3) is 0 Å². The first-order valence-corrected chi connectivity index (χ1v) is 7.59. The number of piperidine rings is 1. The van der Waals surface area contributed by atoms with E-state index in [4.69, 9.17) is 5.26 Å². The lowest BCUT2D eigenvalue weighted by Crippen LogP contribution is -2.40. The molecule has 1 N–H and O–H groups in total. The van der Waals surface area contributed by atoms with Crippen molar-refractivity contribution < 1.29 is 22.8 Å². The monoisotopic (exact) mass is 351 g/mol. The van der Waals surface area contributed by atoms with Crippen molar-refractivity contribution in [3.8, 4) is 6.07 Å². The van der Waals surface area contributed by atoms with E-state index in [-0.39, 0.29) is 17.5 Å². The van der Waals surface area contributed by atoms with Gasteiger partial charge in [-0.3, -0.25) is 9.59 Å². The molecule has 0 atom stereocenters. The third kappa shape index (κ3) is 4.38. The smallest absolute Gasteiger partial charge is 0.339 e. The Morgan fingerprint density at radius 1 is 1.32 bits per heavy atom. The van der Waals surface area contributed by atoms with E-state index in [0.717, 1.165) is 12.1 Å².